The predicted molar refractivity (Wildman–Crippen MR) is 94.6 cm³/mol. The van der Waals surface area contributed by atoms with E-state index in [1.165, 1.54) is 6.07 Å². The van der Waals surface area contributed by atoms with Gasteiger partial charge in [-0.2, -0.15) is 18.4 Å². The van der Waals surface area contributed by atoms with Gasteiger partial charge < -0.3 is 0 Å². The Bertz CT molecular complexity index is 949. The van der Waals surface area contributed by atoms with Gasteiger partial charge in [-0.1, -0.05) is 54.6 Å². The molecule has 1 aromatic heterocycles. The topological polar surface area (TPSA) is 36.7 Å². The van der Waals surface area contributed by atoms with Crippen molar-refractivity contribution in [2.75, 3.05) is 0 Å². The Morgan fingerprint density at radius 2 is 1.54 bits per heavy atom. The molecule has 5 heteroatoms. The average molecular weight is 350 g/mol. The summed E-state index contributed by atoms with van der Waals surface area (Å²) >= 11 is 0. The molecule has 0 fully saturated rings. The average Bonchev–Trinajstić information content (AvgIpc) is 2.67. The number of nitrogens with zero attached hydrogens (tertiary/aromatic N) is 2. The van der Waals surface area contributed by atoms with E-state index in [4.69, 9.17) is 0 Å². The molecule has 26 heavy (non-hydrogen) atoms. The lowest BCUT2D eigenvalue weighted by molar-refractivity contribution is -0.137. The summed E-state index contributed by atoms with van der Waals surface area (Å²) in [5, 5.41) is 9.32. The fraction of sp³-hybridized carbons (Fsp3) is 0.0476. The summed E-state index contributed by atoms with van der Waals surface area (Å²) in [4.78, 5) is 3.77. The Morgan fingerprint density at radius 1 is 0.885 bits per heavy atom. The van der Waals surface area contributed by atoms with Crippen LogP contribution in [0.2, 0.25) is 0 Å². The van der Waals surface area contributed by atoms with Crippen molar-refractivity contribution in [3.05, 3.63) is 89.7 Å². The van der Waals surface area contributed by atoms with Gasteiger partial charge in [-0.05, 0) is 34.9 Å². The van der Waals surface area contributed by atoms with Gasteiger partial charge in [-0.3, -0.25) is 4.98 Å². The van der Waals surface area contributed by atoms with Crippen molar-refractivity contribution >= 4 is 11.6 Å². The first-order valence-electron chi connectivity index (χ1n) is 7.78. The Labute approximate surface area is 148 Å². The molecule has 0 aliphatic carbocycles. The van der Waals surface area contributed by atoms with E-state index in [1.807, 2.05) is 60.7 Å². The van der Waals surface area contributed by atoms with Crippen LogP contribution in [-0.4, -0.2) is 4.98 Å². The minimum absolute atomic E-state index is 0.200. The minimum Gasteiger partial charge on any atom is -0.255 e. The van der Waals surface area contributed by atoms with Crippen molar-refractivity contribution < 1.29 is 13.2 Å². The van der Waals surface area contributed by atoms with E-state index in [-0.39, 0.29) is 11.3 Å². The summed E-state index contributed by atoms with van der Waals surface area (Å²) in [6.45, 7) is 0. The van der Waals surface area contributed by atoms with Gasteiger partial charge in [0.15, 0.2) is 0 Å². The molecule has 0 amide bonds. The fourth-order valence-corrected chi connectivity index (χ4v) is 2.45. The third-order valence-electron chi connectivity index (χ3n) is 3.82. The Kier molecular flexibility index (Phi) is 4.85. The number of halogens is 3. The van der Waals surface area contributed by atoms with Gasteiger partial charge >= 0.3 is 6.18 Å². The molecule has 3 rings (SSSR count). The molecule has 0 aliphatic heterocycles. The maximum atomic E-state index is 12.6. The van der Waals surface area contributed by atoms with Crippen LogP contribution in [0.15, 0.2) is 72.9 Å². The third-order valence-corrected chi connectivity index (χ3v) is 3.82. The second-order valence-corrected chi connectivity index (χ2v) is 5.59. The van der Waals surface area contributed by atoms with Crippen molar-refractivity contribution in [3.8, 4) is 17.2 Å². The summed E-state index contributed by atoms with van der Waals surface area (Å²) < 4.78 is 37.8. The van der Waals surface area contributed by atoms with Gasteiger partial charge in [0.25, 0.3) is 0 Å². The summed E-state index contributed by atoms with van der Waals surface area (Å²) in [7, 11) is 0. The monoisotopic (exact) mass is 350 g/mol. The number of allylic oxidation sites excluding steroid dienone is 1. The van der Waals surface area contributed by atoms with Gasteiger partial charge in [-0.25, -0.2) is 0 Å². The quantitative estimate of drug-likeness (QED) is 0.557. The molecule has 0 atom stereocenters. The number of benzene rings is 2. The molecular formula is C21H13F3N2. The molecule has 0 saturated carbocycles. The zero-order valence-corrected chi connectivity index (χ0v) is 13.5. The van der Waals surface area contributed by atoms with Gasteiger partial charge in [0.05, 0.1) is 16.8 Å². The van der Waals surface area contributed by atoms with Crippen molar-refractivity contribution in [2.45, 2.75) is 6.18 Å². The third kappa shape index (κ3) is 3.98. The molecule has 0 spiro atoms. The highest BCUT2D eigenvalue weighted by Crippen LogP contribution is 2.29. The molecule has 2 nitrogen and oxygen atoms in total. The van der Waals surface area contributed by atoms with Crippen LogP contribution >= 0.6 is 0 Å². The van der Waals surface area contributed by atoms with Gasteiger partial charge in [0.1, 0.15) is 6.07 Å². The lowest BCUT2D eigenvalue weighted by Crippen LogP contribution is -2.05. The van der Waals surface area contributed by atoms with Crippen molar-refractivity contribution in [1.29, 1.82) is 5.26 Å². The summed E-state index contributed by atoms with van der Waals surface area (Å²) in [6.07, 6.45) is -2.11. The fourth-order valence-electron chi connectivity index (χ4n) is 2.45. The lowest BCUT2D eigenvalue weighted by atomic mass is 10.0. The van der Waals surface area contributed by atoms with E-state index >= 15 is 0 Å². The predicted octanol–water partition coefficient (Wildman–Crippen LogP) is 5.83. The zero-order valence-electron chi connectivity index (χ0n) is 13.5. The van der Waals surface area contributed by atoms with E-state index in [1.54, 1.807) is 6.08 Å². The molecule has 1 heterocycles. The van der Waals surface area contributed by atoms with Crippen LogP contribution in [0, 0.1) is 11.3 Å². The largest absolute Gasteiger partial charge is 0.417 e. The molecule has 0 aliphatic rings. The number of alkyl halides is 3. The number of pyridine rings is 1. The van der Waals surface area contributed by atoms with Crippen LogP contribution in [0.5, 0.6) is 0 Å². The van der Waals surface area contributed by atoms with E-state index in [0.29, 0.717) is 0 Å². The second kappa shape index (κ2) is 7.24. The number of rotatable bonds is 3. The van der Waals surface area contributed by atoms with Crippen LogP contribution in [0.25, 0.3) is 22.8 Å². The van der Waals surface area contributed by atoms with Crippen LogP contribution in [0.3, 0.4) is 0 Å². The standard InChI is InChI=1S/C21H13F3N2/c22-21(23,24)19-10-11-20(26-14-19)18(13-25)12-15-6-8-17(9-7-15)16-4-2-1-3-5-16/h1-12,14H/b18-12-. The summed E-state index contributed by atoms with van der Waals surface area (Å²) in [5.74, 6) is 0. The SMILES string of the molecule is N#C/C(=C/c1ccc(-c2ccccc2)cc1)c1ccc(C(F)(F)F)cn1. The highest BCUT2D eigenvalue weighted by molar-refractivity contribution is 5.88. The molecule has 128 valence electrons. The van der Waals surface area contributed by atoms with Crippen LogP contribution in [-0.2, 0) is 6.18 Å². The smallest absolute Gasteiger partial charge is 0.255 e. The first kappa shape index (κ1) is 17.4. The van der Waals surface area contributed by atoms with Crippen molar-refractivity contribution in [2.24, 2.45) is 0 Å². The van der Waals surface area contributed by atoms with Gasteiger partial charge in [0, 0.05) is 6.20 Å². The highest BCUT2D eigenvalue weighted by atomic mass is 19.4. The van der Waals surface area contributed by atoms with Gasteiger partial charge in [0.2, 0.25) is 0 Å². The molecule has 0 N–H and O–H groups in total. The summed E-state index contributed by atoms with van der Waals surface area (Å²) in [5.41, 5.74) is 2.44. The van der Waals surface area contributed by atoms with Crippen molar-refractivity contribution in [1.82, 2.24) is 4.98 Å². The first-order chi connectivity index (χ1) is 12.5. The number of hydrogen-bond donors (Lipinski definition) is 0. The van der Waals surface area contributed by atoms with Crippen LogP contribution in [0.4, 0.5) is 13.2 Å². The van der Waals surface area contributed by atoms with E-state index < -0.39 is 11.7 Å². The molecular weight excluding hydrogens is 337 g/mol. The number of aromatic nitrogens is 1. The zero-order chi connectivity index (χ0) is 18.6. The maximum absolute atomic E-state index is 12.6. The van der Waals surface area contributed by atoms with Crippen LogP contribution < -0.4 is 0 Å². The number of nitriles is 1. The minimum atomic E-state index is -4.45. The normalized spacial score (nSPS) is 11.8. The lowest BCUT2D eigenvalue weighted by Gasteiger charge is -2.06. The molecule has 2 aromatic carbocycles. The first-order valence-corrected chi connectivity index (χ1v) is 7.78. The van der Waals surface area contributed by atoms with Crippen LogP contribution in [0.1, 0.15) is 16.8 Å². The molecule has 0 unspecified atom stereocenters. The molecule has 0 radical (unpaired) electrons. The molecule has 3 aromatic rings. The molecule has 0 saturated heterocycles. The molecule has 0 bridgehead atoms. The van der Waals surface area contributed by atoms with E-state index in [2.05, 4.69) is 4.98 Å². The van der Waals surface area contributed by atoms with Crippen molar-refractivity contribution in [3.63, 3.8) is 0 Å². The maximum Gasteiger partial charge on any atom is 0.417 e. The Morgan fingerprint density at radius 3 is 2.08 bits per heavy atom. The Balaban J connectivity index is 1.86. The Hall–Kier alpha value is -3.39. The highest BCUT2D eigenvalue weighted by Gasteiger charge is 2.30. The van der Waals surface area contributed by atoms with E-state index in [9.17, 15) is 18.4 Å². The summed E-state index contributed by atoms with van der Waals surface area (Å²) in [6, 6.07) is 21.5. The second-order valence-electron chi connectivity index (χ2n) is 5.59. The van der Waals surface area contributed by atoms with E-state index in [0.717, 1.165) is 29.0 Å². The van der Waals surface area contributed by atoms with Gasteiger partial charge in [-0.15, -0.1) is 0 Å². The number of hydrogen-bond acceptors (Lipinski definition) is 2.